The van der Waals surface area contributed by atoms with E-state index >= 15 is 0 Å². The van der Waals surface area contributed by atoms with Crippen molar-refractivity contribution in [1.29, 1.82) is 0 Å². The van der Waals surface area contributed by atoms with Crippen molar-refractivity contribution in [1.82, 2.24) is 25.3 Å². The first-order chi connectivity index (χ1) is 12.1. The van der Waals surface area contributed by atoms with Crippen LogP contribution in [0.25, 0.3) is 0 Å². The van der Waals surface area contributed by atoms with Crippen LogP contribution in [-0.4, -0.2) is 40.7 Å². The highest BCUT2D eigenvalue weighted by molar-refractivity contribution is 5.85. The number of carbonyl (C=O) groups is 1. The quantitative estimate of drug-likeness (QED) is 0.660. The number of benzene rings is 1. The zero-order valence-corrected chi connectivity index (χ0v) is 18.1. The number of hydrogen-bond donors (Lipinski definition) is 2. The van der Waals surface area contributed by atoms with Gasteiger partial charge in [-0.25, -0.2) is 0 Å². The molecular formula is C19H31Cl2N5O. The Morgan fingerprint density at radius 1 is 1.22 bits per heavy atom. The summed E-state index contributed by atoms with van der Waals surface area (Å²) in [6.45, 7) is 7.86. The fourth-order valence-corrected chi connectivity index (χ4v) is 2.87. The van der Waals surface area contributed by atoms with Gasteiger partial charge in [-0.05, 0) is 31.3 Å². The van der Waals surface area contributed by atoms with E-state index in [-0.39, 0.29) is 30.7 Å². The fourth-order valence-electron chi connectivity index (χ4n) is 2.87. The Hall–Kier alpha value is -1.60. The van der Waals surface area contributed by atoms with E-state index in [1.165, 1.54) is 5.56 Å². The minimum atomic E-state index is -0.396. The van der Waals surface area contributed by atoms with Gasteiger partial charge < -0.3 is 10.6 Å². The standard InChI is InChI=1S/C19H29N5O.2ClH/c1-5-24(6-2)13-16-9-7-8-15(10-16)11-21-19(25)18(20-3)17-12-22-23(4)14-17;;/h7-10,12,14,18,20H,5-6,11,13H2,1-4H3,(H,21,25);2*1H. The molecule has 1 aromatic carbocycles. The molecule has 0 aliphatic carbocycles. The predicted molar refractivity (Wildman–Crippen MR) is 114 cm³/mol. The molecule has 6 nitrogen and oxygen atoms in total. The number of nitrogens with one attached hydrogen (secondary N) is 2. The number of aromatic nitrogens is 2. The van der Waals surface area contributed by atoms with Crippen LogP contribution in [0.2, 0.25) is 0 Å². The predicted octanol–water partition coefficient (Wildman–Crippen LogP) is 2.68. The first kappa shape index (κ1) is 25.4. The van der Waals surface area contributed by atoms with Gasteiger partial charge in [0, 0.05) is 31.9 Å². The number of aryl methyl sites for hydroxylation is 1. The van der Waals surface area contributed by atoms with E-state index in [1.807, 2.05) is 19.3 Å². The van der Waals surface area contributed by atoms with Crippen molar-refractivity contribution in [2.75, 3.05) is 20.1 Å². The molecule has 0 radical (unpaired) electrons. The van der Waals surface area contributed by atoms with Crippen molar-refractivity contribution in [2.24, 2.45) is 7.05 Å². The lowest BCUT2D eigenvalue weighted by Gasteiger charge is -2.18. The molecular weight excluding hydrogens is 385 g/mol. The minimum Gasteiger partial charge on any atom is -0.350 e. The topological polar surface area (TPSA) is 62.2 Å². The van der Waals surface area contributed by atoms with Gasteiger partial charge in [0.1, 0.15) is 6.04 Å². The summed E-state index contributed by atoms with van der Waals surface area (Å²) in [5.74, 6) is -0.0513. The minimum absolute atomic E-state index is 0. The second kappa shape index (κ2) is 12.7. The smallest absolute Gasteiger partial charge is 0.242 e. The van der Waals surface area contributed by atoms with E-state index in [4.69, 9.17) is 0 Å². The van der Waals surface area contributed by atoms with Crippen LogP contribution >= 0.6 is 24.8 Å². The van der Waals surface area contributed by atoms with Gasteiger partial charge in [-0.15, -0.1) is 24.8 Å². The highest BCUT2D eigenvalue weighted by Gasteiger charge is 2.19. The molecule has 27 heavy (non-hydrogen) atoms. The lowest BCUT2D eigenvalue weighted by atomic mass is 10.1. The number of halogens is 2. The molecule has 1 heterocycles. The van der Waals surface area contributed by atoms with Crippen LogP contribution < -0.4 is 10.6 Å². The summed E-state index contributed by atoms with van der Waals surface area (Å²) in [7, 11) is 3.62. The zero-order valence-electron chi connectivity index (χ0n) is 16.4. The summed E-state index contributed by atoms with van der Waals surface area (Å²) in [6, 6.07) is 8.00. The van der Waals surface area contributed by atoms with Gasteiger partial charge in [-0.1, -0.05) is 38.1 Å². The van der Waals surface area contributed by atoms with Crippen molar-refractivity contribution in [2.45, 2.75) is 33.0 Å². The number of hydrogen-bond acceptors (Lipinski definition) is 4. The normalized spacial score (nSPS) is 11.4. The van der Waals surface area contributed by atoms with Gasteiger partial charge in [-0.3, -0.25) is 14.4 Å². The molecule has 2 aromatic rings. The number of amides is 1. The third-order valence-corrected chi connectivity index (χ3v) is 4.37. The molecule has 1 atom stereocenters. The van der Waals surface area contributed by atoms with Gasteiger partial charge in [0.15, 0.2) is 0 Å². The Morgan fingerprint density at radius 2 is 1.89 bits per heavy atom. The summed E-state index contributed by atoms with van der Waals surface area (Å²) < 4.78 is 1.70. The lowest BCUT2D eigenvalue weighted by Crippen LogP contribution is -2.35. The van der Waals surface area contributed by atoms with E-state index in [0.29, 0.717) is 6.54 Å². The van der Waals surface area contributed by atoms with Crippen LogP contribution in [0.3, 0.4) is 0 Å². The Kier molecular flexibility index (Phi) is 12.0. The maximum Gasteiger partial charge on any atom is 0.242 e. The first-order valence-corrected chi connectivity index (χ1v) is 8.81. The zero-order chi connectivity index (χ0) is 18.2. The third-order valence-electron chi connectivity index (χ3n) is 4.37. The van der Waals surface area contributed by atoms with Gasteiger partial charge in [-0.2, -0.15) is 5.10 Å². The number of carbonyl (C=O) groups excluding carboxylic acids is 1. The average molecular weight is 416 g/mol. The maximum absolute atomic E-state index is 12.5. The highest BCUT2D eigenvalue weighted by atomic mass is 35.5. The van der Waals surface area contributed by atoms with Crippen LogP contribution in [0.15, 0.2) is 36.7 Å². The van der Waals surface area contributed by atoms with Crippen molar-refractivity contribution in [3.63, 3.8) is 0 Å². The molecule has 1 unspecified atom stereocenters. The van der Waals surface area contributed by atoms with E-state index in [2.05, 4.69) is 52.7 Å². The number of likely N-dealkylation sites (N-methyl/N-ethyl adjacent to an activating group) is 1. The highest BCUT2D eigenvalue weighted by Crippen LogP contribution is 2.12. The molecule has 152 valence electrons. The van der Waals surface area contributed by atoms with Crippen LogP contribution in [0.5, 0.6) is 0 Å². The van der Waals surface area contributed by atoms with Crippen LogP contribution in [-0.2, 0) is 24.9 Å². The van der Waals surface area contributed by atoms with Gasteiger partial charge in [0.2, 0.25) is 5.91 Å². The average Bonchev–Trinajstić information content (AvgIpc) is 3.05. The molecule has 2 rings (SSSR count). The molecule has 8 heteroatoms. The molecule has 0 fully saturated rings. The van der Waals surface area contributed by atoms with E-state index in [0.717, 1.165) is 30.8 Å². The summed E-state index contributed by atoms with van der Waals surface area (Å²) in [5, 5.41) is 10.2. The Morgan fingerprint density at radius 3 is 2.44 bits per heavy atom. The van der Waals surface area contributed by atoms with Crippen molar-refractivity contribution < 1.29 is 4.79 Å². The lowest BCUT2D eigenvalue weighted by molar-refractivity contribution is -0.123. The summed E-state index contributed by atoms with van der Waals surface area (Å²) in [4.78, 5) is 14.9. The second-order valence-electron chi connectivity index (χ2n) is 6.17. The van der Waals surface area contributed by atoms with Crippen LogP contribution in [0, 0.1) is 0 Å². The Labute approximate surface area is 174 Å². The molecule has 0 spiro atoms. The van der Waals surface area contributed by atoms with E-state index in [1.54, 1.807) is 17.9 Å². The molecule has 0 aliphatic heterocycles. The molecule has 1 aromatic heterocycles. The third kappa shape index (κ3) is 7.50. The van der Waals surface area contributed by atoms with Gasteiger partial charge in [0.05, 0.1) is 6.20 Å². The Balaban J connectivity index is 0.00000338. The monoisotopic (exact) mass is 415 g/mol. The SMILES string of the molecule is CCN(CC)Cc1cccc(CNC(=O)C(NC)c2cnn(C)c2)c1.Cl.Cl. The van der Waals surface area contributed by atoms with Gasteiger partial charge in [0.25, 0.3) is 0 Å². The van der Waals surface area contributed by atoms with Crippen molar-refractivity contribution in [3.8, 4) is 0 Å². The Bertz CT molecular complexity index is 688. The van der Waals surface area contributed by atoms with Crippen LogP contribution in [0.1, 0.15) is 36.6 Å². The maximum atomic E-state index is 12.5. The van der Waals surface area contributed by atoms with Gasteiger partial charge >= 0.3 is 0 Å². The first-order valence-electron chi connectivity index (χ1n) is 8.81. The summed E-state index contributed by atoms with van der Waals surface area (Å²) in [6.07, 6.45) is 3.57. The molecule has 2 N–H and O–H groups in total. The number of rotatable bonds is 9. The molecule has 0 saturated carbocycles. The second-order valence-corrected chi connectivity index (χ2v) is 6.17. The molecule has 0 bridgehead atoms. The van der Waals surface area contributed by atoms with E-state index < -0.39 is 6.04 Å². The van der Waals surface area contributed by atoms with Crippen molar-refractivity contribution >= 4 is 30.7 Å². The molecule has 0 aliphatic rings. The van der Waals surface area contributed by atoms with Crippen molar-refractivity contribution in [3.05, 3.63) is 53.3 Å². The number of nitrogens with zero attached hydrogens (tertiary/aromatic N) is 3. The summed E-state index contributed by atoms with van der Waals surface area (Å²) in [5.41, 5.74) is 3.24. The van der Waals surface area contributed by atoms with Crippen LogP contribution in [0.4, 0.5) is 0 Å². The van der Waals surface area contributed by atoms with E-state index in [9.17, 15) is 4.79 Å². The largest absolute Gasteiger partial charge is 0.350 e. The fraction of sp³-hybridized carbons (Fsp3) is 0.474. The molecule has 0 saturated heterocycles. The summed E-state index contributed by atoms with van der Waals surface area (Å²) >= 11 is 0. The molecule has 1 amide bonds.